The van der Waals surface area contributed by atoms with Gasteiger partial charge in [0.1, 0.15) is 17.4 Å². The standard InChI is InChI=1S/C24H21N7O2/c32-23(21-13-20(28-29-21)18-9-5-2-6-10-18)25-11-12-31-22-19(14-27-31)24(33)30(16-26-22)15-17-7-3-1-4-8-17/h1-10,13-14,16H,11-12,15H2,(H,25,32)(H,28,29). The lowest BCUT2D eigenvalue weighted by molar-refractivity contribution is 0.0947. The molecule has 0 spiro atoms. The Kier molecular flexibility index (Phi) is 5.50. The second-order valence-corrected chi connectivity index (χ2v) is 7.56. The van der Waals surface area contributed by atoms with Crippen LogP contribution in [-0.4, -0.2) is 42.0 Å². The average molecular weight is 439 g/mol. The van der Waals surface area contributed by atoms with Gasteiger partial charge < -0.3 is 5.32 Å². The summed E-state index contributed by atoms with van der Waals surface area (Å²) in [6.07, 6.45) is 3.05. The first-order chi connectivity index (χ1) is 16.2. The number of rotatable bonds is 7. The van der Waals surface area contributed by atoms with Gasteiger partial charge in [0, 0.05) is 12.1 Å². The Balaban J connectivity index is 1.24. The zero-order valence-corrected chi connectivity index (χ0v) is 17.7. The van der Waals surface area contributed by atoms with E-state index in [2.05, 4.69) is 25.6 Å². The van der Waals surface area contributed by atoms with E-state index in [-0.39, 0.29) is 11.5 Å². The number of H-pyrrole nitrogens is 1. The maximum atomic E-state index is 12.8. The largest absolute Gasteiger partial charge is 0.349 e. The molecule has 0 aliphatic rings. The van der Waals surface area contributed by atoms with Gasteiger partial charge in [0.2, 0.25) is 0 Å². The minimum atomic E-state index is -0.265. The fourth-order valence-corrected chi connectivity index (χ4v) is 3.62. The van der Waals surface area contributed by atoms with Gasteiger partial charge in [0.15, 0.2) is 5.65 Å². The Morgan fingerprint density at radius 3 is 2.58 bits per heavy atom. The second-order valence-electron chi connectivity index (χ2n) is 7.56. The summed E-state index contributed by atoms with van der Waals surface area (Å²) in [7, 11) is 0. The highest BCUT2D eigenvalue weighted by atomic mass is 16.2. The molecule has 9 heteroatoms. The van der Waals surface area contributed by atoms with E-state index < -0.39 is 0 Å². The highest BCUT2D eigenvalue weighted by Gasteiger charge is 2.13. The molecule has 33 heavy (non-hydrogen) atoms. The predicted octanol–water partition coefficient (Wildman–Crippen LogP) is 2.46. The molecule has 0 bridgehead atoms. The Labute approximate surface area is 188 Å². The van der Waals surface area contributed by atoms with Crippen molar-refractivity contribution >= 4 is 16.9 Å². The normalized spacial score (nSPS) is 11.0. The molecule has 164 valence electrons. The first kappa shape index (κ1) is 20.4. The second kappa shape index (κ2) is 8.91. The fraction of sp³-hybridized carbons (Fsp3) is 0.125. The van der Waals surface area contributed by atoms with Crippen LogP contribution in [0.4, 0.5) is 0 Å². The Morgan fingerprint density at radius 1 is 1.03 bits per heavy atom. The number of benzene rings is 2. The van der Waals surface area contributed by atoms with E-state index in [0.717, 1.165) is 11.1 Å². The fourth-order valence-electron chi connectivity index (χ4n) is 3.62. The lowest BCUT2D eigenvalue weighted by atomic mass is 10.1. The summed E-state index contributed by atoms with van der Waals surface area (Å²) in [4.78, 5) is 29.7. The highest BCUT2D eigenvalue weighted by molar-refractivity contribution is 5.93. The third-order valence-corrected chi connectivity index (χ3v) is 5.32. The minimum Gasteiger partial charge on any atom is -0.349 e. The van der Waals surface area contributed by atoms with Crippen molar-refractivity contribution in [2.75, 3.05) is 6.54 Å². The van der Waals surface area contributed by atoms with Crippen LogP contribution in [0, 0.1) is 0 Å². The number of aromatic amines is 1. The van der Waals surface area contributed by atoms with Gasteiger partial charge in [-0.3, -0.25) is 19.3 Å². The van der Waals surface area contributed by atoms with Gasteiger partial charge >= 0.3 is 0 Å². The van der Waals surface area contributed by atoms with Gasteiger partial charge in [-0.25, -0.2) is 9.67 Å². The monoisotopic (exact) mass is 439 g/mol. The Morgan fingerprint density at radius 2 is 1.79 bits per heavy atom. The van der Waals surface area contributed by atoms with Crippen molar-refractivity contribution < 1.29 is 4.79 Å². The summed E-state index contributed by atoms with van der Waals surface area (Å²) in [5.74, 6) is -0.265. The molecule has 0 saturated carbocycles. The number of aromatic nitrogens is 6. The summed E-state index contributed by atoms with van der Waals surface area (Å²) < 4.78 is 3.18. The molecular formula is C24H21N7O2. The van der Waals surface area contributed by atoms with Crippen LogP contribution >= 0.6 is 0 Å². The summed E-state index contributed by atoms with van der Waals surface area (Å²) in [5.41, 5.74) is 3.37. The van der Waals surface area contributed by atoms with E-state index in [4.69, 9.17) is 0 Å². The zero-order valence-electron chi connectivity index (χ0n) is 17.7. The van der Waals surface area contributed by atoms with Crippen LogP contribution in [0.5, 0.6) is 0 Å². The summed E-state index contributed by atoms with van der Waals surface area (Å²) >= 11 is 0. The van der Waals surface area contributed by atoms with Crippen molar-refractivity contribution in [2.45, 2.75) is 13.1 Å². The predicted molar refractivity (Wildman–Crippen MR) is 124 cm³/mol. The number of fused-ring (bicyclic) bond motifs is 1. The molecule has 0 aliphatic carbocycles. The van der Waals surface area contributed by atoms with Crippen LogP contribution in [0.3, 0.4) is 0 Å². The average Bonchev–Trinajstić information content (AvgIpc) is 3.50. The molecule has 0 saturated heterocycles. The summed E-state index contributed by atoms with van der Waals surface area (Å²) in [6.45, 7) is 1.15. The lowest BCUT2D eigenvalue weighted by Crippen LogP contribution is -2.28. The number of amides is 1. The summed E-state index contributed by atoms with van der Waals surface area (Å²) in [5, 5.41) is 14.5. The van der Waals surface area contributed by atoms with Gasteiger partial charge in [0.05, 0.1) is 25.0 Å². The van der Waals surface area contributed by atoms with E-state index in [0.29, 0.717) is 42.1 Å². The van der Waals surface area contributed by atoms with E-state index in [9.17, 15) is 9.59 Å². The topological polar surface area (TPSA) is 110 Å². The molecule has 5 rings (SSSR count). The molecule has 0 fully saturated rings. The van der Waals surface area contributed by atoms with Crippen LogP contribution < -0.4 is 10.9 Å². The molecule has 3 aromatic heterocycles. The van der Waals surface area contributed by atoms with Crippen molar-refractivity contribution in [3.8, 4) is 11.3 Å². The van der Waals surface area contributed by atoms with E-state index in [1.54, 1.807) is 15.3 Å². The van der Waals surface area contributed by atoms with Crippen LogP contribution in [0.1, 0.15) is 16.1 Å². The van der Waals surface area contributed by atoms with Crippen molar-refractivity contribution in [3.63, 3.8) is 0 Å². The van der Waals surface area contributed by atoms with Crippen molar-refractivity contribution in [1.82, 2.24) is 34.8 Å². The molecule has 0 unspecified atom stereocenters. The quantitative estimate of drug-likeness (QED) is 0.405. The van der Waals surface area contributed by atoms with E-state index in [1.807, 2.05) is 60.7 Å². The lowest BCUT2D eigenvalue weighted by Gasteiger charge is -2.07. The molecular weight excluding hydrogens is 418 g/mol. The maximum Gasteiger partial charge on any atom is 0.269 e. The molecule has 2 N–H and O–H groups in total. The SMILES string of the molecule is O=C(NCCn1ncc2c(=O)n(Cc3ccccc3)cnc21)c1cc(-c2ccccc2)n[nH]1. The number of carbonyl (C=O) groups is 1. The number of nitrogens with one attached hydrogen (secondary N) is 2. The molecule has 9 nitrogen and oxygen atoms in total. The van der Waals surface area contributed by atoms with Crippen molar-refractivity contribution in [1.29, 1.82) is 0 Å². The zero-order chi connectivity index (χ0) is 22.6. The van der Waals surface area contributed by atoms with Gasteiger partial charge in [-0.05, 0) is 11.6 Å². The number of nitrogens with zero attached hydrogens (tertiary/aromatic N) is 5. The molecule has 0 atom stereocenters. The van der Waals surface area contributed by atoms with Crippen LogP contribution in [0.15, 0.2) is 84.0 Å². The first-order valence-corrected chi connectivity index (χ1v) is 10.5. The highest BCUT2D eigenvalue weighted by Crippen LogP contribution is 2.16. The molecule has 3 heterocycles. The summed E-state index contributed by atoms with van der Waals surface area (Å²) in [6, 6.07) is 21.1. The van der Waals surface area contributed by atoms with Gasteiger partial charge in [0.25, 0.3) is 11.5 Å². The third-order valence-electron chi connectivity index (χ3n) is 5.32. The van der Waals surface area contributed by atoms with Gasteiger partial charge in [-0.1, -0.05) is 60.7 Å². The Bertz CT molecular complexity index is 1450. The van der Waals surface area contributed by atoms with Crippen LogP contribution in [0.25, 0.3) is 22.3 Å². The number of hydrogen-bond donors (Lipinski definition) is 2. The molecule has 2 aromatic carbocycles. The molecule has 0 aliphatic heterocycles. The van der Waals surface area contributed by atoms with Crippen LogP contribution in [0.2, 0.25) is 0 Å². The van der Waals surface area contributed by atoms with Crippen molar-refractivity contribution in [3.05, 3.63) is 101 Å². The van der Waals surface area contributed by atoms with Gasteiger partial charge in [-0.2, -0.15) is 10.2 Å². The number of carbonyl (C=O) groups excluding carboxylic acids is 1. The van der Waals surface area contributed by atoms with E-state index >= 15 is 0 Å². The van der Waals surface area contributed by atoms with Gasteiger partial charge in [-0.15, -0.1) is 0 Å². The smallest absolute Gasteiger partial charge is 0.269 e. The van der Waals surface area contributed by atoms with Crippen LogP contribution in [-0.2, 0) is 13.1 Å². The molecule has 0 radical (unpaired) electrons. The van der Waals surface area contributed by atoms with E-state index in [1.165, 1.54) is 12.5 Å². The Hall–Kier alpha value is -4.53. The van der Waals surface area contributed by atoms with Crippen molar-refractivity contribution in [2.24, 2.45) is 0 Å². The third kappa shape index (κ3) is 4.29. The maximum absolute atomic E-state index is 12.8. The number of hydrogen-bond acceptors (Lipinski definition) is 5. The molecule has 5 aromatic rings. The first-order valence-electron chi connectivity index (χ1n) is 10.5. The molecule has 1 amide bonds. The minimum absolute atomic E-state index is 0.148.